The molecule has 11 heteroatoms. The largest absolute Gasteiger partial charge is 0.491 e. The van der Waals surface area contributed by atoms with Crippen LogP contribution in [0.4, 0.5) is 0 Å². The molecule has 0 radical (unpaired) electrons. The number of thiazole rings is 1. The Morgan fingerprint density at radius 3 is 2.48 bits per heavy atom. The zero-order valence-corrected chi connectivity index (χ0v) is 28.5. The number of carbonyl (C=O) groups excluding carboxylic acids is 1. The number of nitrogens with zero attached hydrogens (tertiary/aromatic N) is 2. The van der Waals surface area contributed by atoms with Gasteiger partial charge in [0.2, 0.25) is 0 Å². The maximum atomic E-state index is 14.1. The molecule has 4 aromatic rings. The van der Waals surface area contributed by atoms with Crippen LogP contribution in [0.1, 0.15) is 57.4 Å². The zero-order valence-electron chi connectivity index (χ0n) is 26.1. The van der Waals surface area contributed by atoms with Crippen LogP contribution in [0.5, 0.6) is 17.2 Å². The minimum absolute atomic E-state index is 0.122. The van der Waals surface area contributed by atoms with Crippen molar-refractivity contribution in [3.05, 3.63) is 118 Å². The second kappa shape index (κ2) is 14.6. The van der Waals surface area contributed by atoms with Crippen molar-refractivity contribution in [2.24, 2.45) is 4.99 Å². The molecule has 1 atom stereocenters. The van der Waals surface area contributed by atoms with Crippen molar-refractivity contribution in [2.45, 2.75) is 53.4 Å². The van der Waals surface area contributed by atoms with Gasteiger partial charge in [0.1, 0.15) is 18.4 Å². The van der Waals surface area contributed by atoms with E-state index in [1.165, 1.54) is 11.3 Å². The number of ether oxygens (including phenoxy) is 4. The number of fused-ring (bicyclic) bond motifs is 1. The lowest BCUT2D eigenvalue weighted by molar-refractivity contribution is -0.139. The Kier molecular flexibility index (Phi) is 10.6. The molecule has 0 saturated heterocycles. The first-order valence-electron chi connectivity index (χ1n) is 14.9. The number of rotatable bonds is 11. The minimum atomic E-state index is -0.788. The molecule has 0 fully saturated rings. The summed E-state index contributed by atoms with van der Waals surface area (Å²) in [5, 5.41) is 0.925. The Morgan fingerprint density at radius 1 is 0.978 bits per heavy atom. The molecule has 0 N–H and O–H groups in total. The van der Waals surface area contributed by atoms with E-state index in [-0.39, 0.29) is 24.9 Å². The first-order chi connectivity index (χ1) is 22.1. The van der Waals surface area contributed by atoms with E-state index in [1.807, 2.05) is 63.2 Å². The molecule has 1 aliphatic rings. The van der Waals surface area contributed by atoms with E-state index in [1.54, 1.807) is 42.7 Å². The van der Waals surface area contributed by atoms with Gasteiger partial charge in [0.05, 0.1) is 45.2 Å². The molecule has 0 spiro atoms. The third-order valence-electron chi connectivity index (χ3n) is 7.04. The second-order valence-electron chi connectivity index (χ2n) is 10.7. The summed E-state index contributed by atoms with van der Waals surface area (Å²) in [7, 11) is 0. The molecule has 0 bridgehead atoms. The highest BCUT2D eigenvalue weighted by Gasteiger charge is 2.35. The van der Waals surface area contributed by atoms with Crippen LogP contribution in [0.15, 0.2) is 81.7 Å². The topological polar surface area (TPSA) is 88.4 Å². The molecule has 8 nitrogen and oxygen atoms in total. The first-order valence-corrected chi connectivity index (χ1v) is 16.5. The van der Waals surface area contributed by atoms with Crippen LogP contribution in [-0.2, 0) is 16.1 Å². The fourth-order valence-corrected chi connectivity index (χ4v) is 6.46. The summed E-state index contributed by atoms with van der Waals surface area (Å²) in [4.78, 5) is 32.6. The van der Waals surface area contributed by atoms with Crippen LogP contribution in [0.3, 0.4) is 0 Å². The molecule has 0 aliphatic carbocycles. The van der Waals surface area contributed by atoms with Gasteiger partial charge in [0, 0.05) is 5.56 Å². The van der Waals surface area contributed by atoms with Gasteiger partial charge in [-0.15, -0.1) is 0 Å². The Bertz CT molecular complexity index is 1980. The lowest BCUT2D eigenvalue weighted by Crippen LogP contribution is -2.40. The van der Waals surface area contributed by atoms with Crippen LogP contribution in [0.2, 0.25) is 10.0 Å². The lowest BCUT2D eigenvalue weighted by atomic mass is 9.95. The third kappa shape index (κ3) is 7.17. The normalized spacial score (nSPS) is 14.6. The van der Waals surface area contributed by atoms with Crippen LogP contribution in [0.25, 0.3) is 6.08 Å². The van der Waals surface area contributed by atoms with Gasteiger partial charge in [-0.05, 0) is 82.2 Å². The number of benzene rings is 3. The molecule has 2 heterocycles. The number of hydrogen-bond donors (Lipinski definition) is 0. The summed E-state index contributed by atoms with van der Waals surface area (Å²) in [6, 6.07) is 17.4. The van der Waals surface area contributed by atoms with Crippen molar-refractivity contribution in [3.8, 4) is 17.2 Å². The predicted octanol–water partition coefficient (Wildman–Crippen LogP) is 6.87. The molecule has 46 heavy (non-hydrogen) atoms. The van der Waals surface area contributed by atoms with E-state index in [9.17, 15) is 9.59 Å². The molecule has 240 valence electrons. The SMILES string of the molecule is CCOC(=O)C1=C(C)N=c2s/c(=C/c3ccc(OCc4ccc(Cl)c(Cl)c4)c(OCC)c3)c(=O)n2[C@@H]1c1ccccc1OC(C)C. The maximum absolute atomic E-state index is 14.1. The second-order valence-corrected chi connectivity index (χ2v) is 12.5. The van der Waals surface area contributed by atoms with Crippen LogP contribution in [0, 0.1) is 0 Å². The minimum Gasteiger partial charge on any atom is -0.491 e. The van der Waals surface area contributed by atoms with Gasteiger partial charge in [-0.3, -0.25) is 9.36 Å². The highest BCUT2D eigenvalue weighted by atomic mass is 35.5. The number of allylic oxidation sites excluding steroid dienone is 1. The van der Waals surface area contributed by atoms with Gasteiger partial charge in [0.25, 0.3) is 5.56 Å². The smallest absolute Gasteiger partial charge is 0.338 e. The number of aromatic nitrogens is 1. The Labute approximate surface area is 281 Å². The van der Waals surface area contributed by atoms with Crippen LogP contribution < -0.4 is 29.1 Å². The monoisotopic (exact) mass is 680 g/mol. The van der Waals surface area contributed by atoms with Crippen LogP contribution >= 0.6 is 34.5 Å². The Morgan fingerprint density at radius 2 is 1.76 bits per heavy atom. The summed E-state index contributed by atoms with van der Waals surface area (Å²) < 4.78 is 25.5. The van der Waals surface area contributed by atoms with E-state index >= 15 is 0 Å². The van der Waals surface area contributed by atoms with Gasteiger partial charge >= 0.3 is 5.97 Å². The fourth-order valence-electron chi connectivity index (χ4n) is 5.10. The van der Waals surface area contributed by atoms with Crippen molar-refractivity contribution in [3.63, 3.8) is 0 Å². The van der Waals surface area contributed by atoms with Gasteiger partial charge in [-0.2, -0.15) is 0 Å². The van der Waals surface area contributed by atoms with Gasteiger partial charge in [0.15, 0.2) is 16.3 Å². The number of carbonyl (C=O) groups is 1. The summed E-state index contributed by atoms with van der Waals surface area (Å²) in [6.45, 7) is 10.1. The standard InChI is InChI=1S/C35H34Cl2N2O6S/c1-6-42-29-17-22(13-15-28(29)44-19-23-12-14-25(36)26(37)16-23)18-30-33(40)39-32(24-10-8-9-11-27(24)45-20(3)4)31(34(41)43-7-2)21(5)38-35(39)46-30/h8-18,20,32H,6-7,19H2,1-5H3/b30-18+/t32-/m1/s1. The highest BCUT2D eigenvalue weighted by molar-refractivity contribution is 7.07. The molecular weight excluding hydrogens is 647 g/mol. The Balaban J connectivity index is 1.57. The quantitative estimate of drug-likeness (QED) is 0.161. The fraction of sp³-hybridized carbons (Fsp3) is 0.286. The maximum Gasteiger partial charge on any atom is 0.338 e. The van der Waals surface area contributed by atoms with Gasteiger partial charge in [-0.1, -0.05) is 64.9 Å². The molecule has 3 aromatic carbocycles. The summed E-state index contributed by atoms with van der Waals surface area (Å²) in [5.41, 5.74) is 2.75. The lowest BCUT2D eigenvalue weighted by Gasteiger charge is -2.26. The number of halogens is 2. The molecule has 5 rings (SSSR count). The molecule has 0 saturated carbocycles. The summed E-state index contributed by atoms with van der Waals surface area (Å²) in [6.07, 6.45) is 1.66. The molecule has 0 amide bonds. The van der Waals surface area contributed by atoms with E-state index in [4.69, 9.17) is 42.1 Å². The molecule has 0 unspecified atom stereocenters. The van der Waals surface area contributed by atoms with Gasteiger partial charge < -0.3 is 18.9 Å². The molecular formula is C35H34Cl2N2O6S. The molecule has 1 aromatic heterocycles. The third-order valence-corrected chi connectivity index (χ3v) is 8.76. The predicted molar refractivity (Wildman–Crippen MR) is 181 cm³/mol. The average molecular weight is 682 g/mol. The summed E-state index contributed by atoms with van der Waals surface area (Å²) >= 11 is 13.4. The van der Waals surface area contributed by atoms with E-state index in [0.29, 0.717) is 60.1 Å². The van der Waals surface area contributed by atoms with Crippen molar-refractivity contribution < 1.29 is 23.7 Å². The number of para-hydroxylation sites is 1. The summed E-state index contributed by atoms with van der Waals surface area (Å²) in [5.74, 6) is 1.12. The number of hydrogen-bond acceptors (Lipinski definition) is 8. The van der Waals surface area contributed by atoms with Crippen molar-refractivity contribution >= 4 is 46.6 Å². The van der Waals surface area contributed by atoms with E-state index in [0.717, 1.165) is 11.1 Å². The van der Waals surface area contributed by atoms with Crippen LogP contribution in [-0.4, -0.2) is 29.9 Å². The van der Waals surface area contributed by atoms with Crippen molar-refractivity contribution in [2.75, 3.05) is 13.2 Å². The van der Waals surface area contributed by atoms with E-state index < -0.39 is 12.0 Å². The average Bonchev–Trinajstić information content (AvgIpc) is 3.31. The number of esters is 1. The first kappa shape index (κ1) is 33.3. The van der Waals surface area contributed by atoms with Crippen molar-refractivity contribution in [1.29, 1.82) is 0 Å². The highest BCUT2D eigenvalue weighted by Crippen LogP contribution is 2.36. The molecule has 1 aliphatic heterocycles. The van der Waals surface area contributed by atoms with Gasteiger partial charge in [-0.25, -0.2) is 9.79 Å². The Hall–Kier alpha value is -4.05. The van der Waals surface area contributed by atoms with E-state index in [2.05, 4.69) is 4.99 Å². The van der Waals surface area contributed by atoms with Crippen molar-refractivity contribution in [1.82, 2.24) is 4.57 Å². The zero-order chi connectivity index (χ0) is 33.0.